The van der Waals surface area contributed by atoms with E-state index in [9.17, 15) is 23.4 Å². The first-order valence-corrected chi connectivity index (χ1v) is 16.5. The van der Waals surface area contributed by atoms with Crippen LogP contribution in [-0.4, -0.2) is 159 Å². The summed E-state index contributed by atoms with van der Waals surface area (Å²) in [4.78, 5) is 14.8. The van der Waals surface area contributed by atoms with Crippen LogP contribution >= 0.6 is 0 Å². The standard InChI is InChI=1S/C26H47N5O11S/c1-4-40-23-21(32)22(33)26(41-19(2)3)42-24(23)25(34)27-5-9-37-11-13-39-14-12-38-10-6-31-18-20(28-29-31)17-30-7-15-43(35,36)16-8-30/h18-19,21-24,26,32-33H,4-17H2,1-3H3,(H,27,34)/t21-,22+,23+,24?,26-/m1/s1. The first-order chi connectivity index (χ1) is 20.6. The number of aliphatic hydroxyl groups is 2. The van der Waals surface area contributed by atoms with Gasteiger partial charge in [-0.2, -0.15) is 0 Å². The number of nitrogens with zero attached hydrogens (tertiary/aromatic N) is 4. The van der Waals surface area contributed by atoms with Crippen LogP contribution in [0.4, 0.5) is 0 Å². The van der Waals surface area contributed by atoms with E-state index in [0.717, 1.165) is 5.69 Å². The van der Waals surface area contributed by atoms with Crippen molar-refractivity contribution in [3.8, 4) is 0 Å². The van der Waals surface area contributed by atoms with E-state index in [0.29, 0.717) is 59.2 Å². The molecule has 2 aliphatic heterocycles. The molecular weight excluding hydrogens is 590 g/mol. The van der Waals surface area contributed by atoms with Gasteiger partial charge in [0, 0.05) is 39.0 Å². The second kappa shape index (κ2) is 18.2. The summed E-state index contributed by atoms with van der Waals surface area (Å²) in [6, 6.07) is 0. The largest absolute Gasteiger partial charge is 0.387 e. The number of hydrogen-bond acceptors (Lipinski definition) is 14. The predicted octanol–water partition coefficient (Wildman–Crippen LogP) is -2.05. The molecule has 0 radical (unpaired) electrons. The first-order valence-electron chi connectivity index (χ1n) is 14.7. The van der Waals surface area contributed by atoms with E-state index in [1.54, 1.807) is 25.5 Å². The number of sulfone groups is 1. The van der Waals surface area contributed by atoms with E-state index in [1.165, 1.54) is 0 Å². The summed E-state index contributed by atoms with van der Waals surface area (Å²) in [7, 11) is -2.90. The zero-order valence-corrected chi connectivity index (χ0v) is 26.0. The fourth-order valence-corrected chi connectivity index (χ4v) is 5.79. The van der Waals surface area contributed by atoms with Crippen molar-refractivity contribution in [1.82, 2.24) is 25.2 Å². The SMILES string of the molecule is CCO[C@@H]1C(C(=O)NCCOCCOCCOCCn2cc(CN3CCS(=O)(=O)CC3)nn2)O[C@@H](OC(C)C)[C@@H](O)[C@H]1O. The van der Waals surface area contributed by atoms with Gasteiger partial charge in [-0.3, -0.25) is 9.69 Å². The van der Waals surface area contributed by atoms with Crippen molar-refractivity contribution in [2.45, 2.75) is 70.7 Å². The molecule has 0 aliphatic carbocycles. The van der Waals surface area contributed by atoms with E-state index < -0.39 is 46.5 Å². The number of aromatic nitrogens is 3. The number of carbonyl (C=O) groups is 1. The highest BCUT2D eigenvalue weighted by molar-refractivity contribution is 7.91. The topological polar surface area (TPSA) is 193 Å². The van der Waals surface area contributed by atoms with Crippen molar-refractivity contribution in [2.75, 3.05) is 77.4 Å². The molecule has 17 heteroatoms. The van der Waals surface area contributed by atoms with Gasteiger partial charge in [-0.15, -0.1) is 5.10 Å². The Balaban J connectivity index is 1.19. The highest BCUT2D eigenvalue weighted by Crippen LogP contribution is 2.25. The number of amides is 1. The average molecular weight is 638 g/mol. The van der Waals surface area contributed by atoms with Crippen LogP contribution in [0.15, 0.2) is 6.20 Å². The van der Waals surface area contributed by atoms with Gasteiger partial charge in [-0.1, -0.05) is 5.21 Å². The van der Waals surface area contributed by atoms with Crippen molar-refractivity contribution in [1.29, 1.82) is 0 Å². The fraction of sp³-hybridized carbons (Fsp3) is 0.885. The van der Waals surface area contributed by atoms with E-state index in [1.807, 2.05) is 6.20 Å². The van der Waals surface area contributed by atoms with Crippen molar-refractivity contribution in [3.63, 3.8) is 0 Å². The third kappa shape index (κ3) is 12.3. The van der Waals surface area contributed by atoms with Crippen LogP contribution < -0.4 is 5.32 Å². The minimum absolute atomic E-state index is 0.183. The summed E-state index contributed by atoms with van der Waals surface area (Å²) in [5, 5.41) is 31.7. The summed E-state index contributed by atoms with van der Waals surface area (Å²) in [5.41, 5.74) is 0.794. The molecule has 16 nitrogen and oxygen atoms in total. The van der Waals surface area contributed by atoms with Gasteiger partial charge in [0.05, 0.1) is 69.5 Å². The van der Waals surface area contributed by atoms with Crippen LogP contribution in [0.2, 0.25) is 0 Å². The molecule has 0 spiro atoms. The van der Waals surface area contributed by atoms with Gasteiger partial charge in [0.2, 0.25) is 0 Å². The van der Waals surface area contributed by atoms with Crippen LogP contribution in [0.5, 0.6) is 0 Å². The van der Waals surface area contributed by atoms with Gasteiger partial charge >= 0.3 is 0 Å². The van der Waals surface area contributed by atoms with Gasteiger partial charge in [0.15, 0.2) is 22.2 Å². The smallest absolute Gasteiger partial charge is 0.252 e. The number of ether oxygens (including phenoxy) is 6. The molecule has 0 bridgehead atoms. The molecule has 2 saturated heterocycles. The normalized spacial score (nSPS) is 26.1. The summed E-state index contributed by atoms with van der Waals surface area (Å²) in [6.07, 6.45) is -4.48. The van der Waals surface area contributed by atoms with Crippen molar-refractivity contribution in [3.05, 3.63) is 11.9 Å². The lowest BCUT2D eigenvalue weighted by Crippen LogP contribution is -2.63. The molecule has 43 heavy (non-hydrogen) atoms. The third-order valence-corrected chi connectivity index (χ3v) is 8.34. The minimum atomic E-state index is -2.90. The molecule has 3 heterocycles. The van der Waals surface area contributed by atoms with Gasteiger partial charge < -0.3 is 44.0 Å². The zero-order valence-electron chi connectivity index (χ0n) is 25.2. The Kier molecular flexibility index (Phi) is 15.1. The lowest BCUT2D eigenvalue weighted by molar-refractivity contribution is -0.303. The summed E-state index contributed by atoms with van der Waals surface area (Å²) >= 11 is 0. The molecule has 1 amide bonds. The molecule has 248 valence electrons. The third-order valence-electron chi connectivity index (χ3n) is 6.73. The lowest BCUT2D eigenvalue weighted by atomic mass is 9.98. The molecule has 1 unspecified atom stereocenters. The molecule has 0 aromatic carbocycles. The number of rotatable bonds is 19. The van der Waals surface area contributed by atoms with Crippen LogP contribution in [0, 0.1) is 0 Å². The maximum Gasteiger partial charge on any atom is 0.252 e. The molecule has 5 atom stereocenters. The number of nitrogens with one attached hydrogen (secondary N) is 1. The number of hydrogen-bond donors (Lipinski definition) is 3. The zero-order chi connectivity index (χ0) is 31.2. The number of carbonyl (C=O) groups excluding carboxylic acids is 1. The van der Waals surface area contributed by atoms with Gasteiger partial charge in [-0.25, -0.2) is 13.1 Å². The Morgan fingerprint density at radius 1 is 1.07 bits per heavy atom. The number of aliphatic hydroxyl groups excluding tert-OH is 2. The summed E-state index contributed by atoms with van der Waals surface area (Å²) in [6.45, 7) is 9.99. The van der Waals surface area contributed by atoms with Crippen LogP contribution in [0.3, 0.4) is 0 Å². The molecule has 1 aromatic rings. The highest BCUT2D eigenvalue weighted by atomic mass is 32.2. The van der Waals surface area contributed by atoms with Crippen molar-refractivity contribution < 1.29 is 51.8 Å². The molecule has 1 aromatic heterocycles. The molecule has 2 aliphatic rings. The van der Waals surface area contributed by atoms with Gasteiger partial charge in [0.1, 0.15) is 18.3 Å². The quantitative estimate of drug-likeness (QED) is 0.140. The van der Waals surface area contributed by atoms with Gasteiger partial charge in [0.25, 0.3) is 5.91 Å². The maximum absolute atomic E-state index is 12.7. The predicted molar refractivity (Wildman–Crippen MR) is 152 cm³/mol. The molecule has 3 rings (SSSR count). The molecule has 2 fully saturated rings. The summed E-state index contributed by atoms with van der Waals surface area (Å²) < 4.78 is 58.0. The van der Waals surface area contributed by atoms with E-state index >= 15 is 0 Å². The van der Waals surface area contributed by atoms with Crippen LogP contribution in [0.25, 0.3) is 0 Å². The second-order valence-electron chi connectivity index (χ2n) is 10.5. The fourth-order valence-electron chi connectivity index (χ4n) is 4.51. The lowest BCUT2D eigenvalue weighted by Gasteiger charge is -2.41. The summed E-state index contributed by atoms with van der Waals surface area (Å²) in [5.74, 6) is -0.134. The van der Waals surface area contributed by atoms with Gasteiger partial charge in [-0.05, 0) is 20.8 Å². The Labute approximate surface area is 252 Å². The Morgan fingerprint density at radius 3 is 2.37 bits per heavy atom. The first kappa shape index (κ1) is 35.7. The molecular formula is C26H47N5O11S. The van der Waals surface area contributed by atoms with E-state index in [2.05, 4.69) is 20.5 Å². The average Bonchev–Trinajstić information content (AvgIpc) is 3.41. The Hall–Kier alpha value is -1.80. The Bertz CT molecular complexity index is 1050. The molecule has 0 saturated carbocycles. The maximum atomic E-state index is 12.7. The van der Waals surface area contributed by atoms with Crippen LogP contribution in [-0.2, 0) is 56.1 Å². The van der Waals surface area contributed by atoms with Crippen LogP contribution in [0.1, 0.15) is 26.5 Å². The second-order valence-corrected chi connectivity index (χ2v) is 12.8. The Morgan fingerprint density at radius 2 is 1.72 bits per heavy atom. The van der Waals surface area contributed by atoms with Crippen molar-refractivity contribution in [2.24, 2.45) is 0 Å². The van der Waals surface area contributed by atoms with E-state index in [4.69, 9.17) is 28.4 Å². The highest BCUT2D eigenvalue weighted by Gasteiger charge is 2.48. The van der Waals surface area contributed by atoms with Crippen molar-refractivity contribution >= 4 is 15.7 Å². The minimum Gasteiger partial charge on any atom is -0.387 e. The monoisotopic (exact) mass is 637 g/mol. The molecule has 3 N–H and O–H groups in total. The van der Waals surface area contributed by atoms with E-state index in [-0.39, 0.29) is 37.4 Å².